The Balaban J connectivity index is 0.000000263. The molecule has 0 fully saturated rings. The molecule has 0 aromatic heterocycles. The average molecular weight is 372 g/mol. The summed E-state index contributed by atoms with van der Waals surface area (Å²) in [6.07, 6.45) is -4.24. The lowest BCUT2D eigenvalue weighted by Crippen LogP contribution is -2.12. The maximum atomic E-state index is 12.7. The summed E-state index contributed by atoms with van der Waals surface area (Å²) in [5, 5.41) is 0. The van der Waals surface area contributed by atoms with E-state index in [1.807, 2.05) is 41.5 Å². The normalized spacial score (nSPS) is 12.4. The zero-order valence-corrected chi connectivity index (χ0v) is 15.9. The van der Waals surface area contributed by atoms with Crippen LogP contribution in [-0.2, 0) is 17.0 Å². The summed E-state index contributed by atoms with van der Waals surface area (Å²) in [7, 11) is 0. The lowest BCUT2D eigenvalue weighted by Gasteiger charge is -2.19. The van der Waals surface area contributed by atoms with Crippen molar-refractivity contribution >= 4 is 0 Å². The highest BCUT2D eigenvalue weighted by atomic mass is 19.4. The predicted octanol–water partition coefficient (Wildman–Crippen LogP) is 7.27. The van der Waals surface area contributed by atoms with Gasteiger partial charge in [-0.05, 0) is 46.2 Å². The fourth-order valence-electron chi connectivity index (χ4n) is 2.15. The maximum absolute atomic E-state index is 12.7. The largest absolute Gasteiger partial charge is 0.416 e. The lowest BCUT2D eigenvalue weighted by molar-refractivity contribution is -0.137. The van der Waals surface area contributed by atoms with Crippen molar-refractivity contribution in [2.75, 3.05) is 0 Å². The molecule has 2 aromatic rings. The third-order valence-electron chi connectivity index (χ3n) is 3.81. The van der Waals surface area contributed by atoms with Crippen molar-refractivity contribution in [1.82, 2.24) is 0 Å². The summed E-state index contributed by atoms with van der Waals surface area (Å²) in [4.78, 5) is 0. The van der Waals surface area contributed by atoms with E-state index < -0.39 is 23.4 Å². The van der Waals surface area contributed by atoms with Crippen LogP contribution >= 0.6 is 0 Å². The first-order valence-electron chi connectivity index (χ1n) is 8.25. The van der Waals surface area contributed by atoms with Gasteiger partial charge in [0.2, 0.25) is 0 Å². The zero-order valence-electron chi connectivity index (χ0n) is 15.9. The summed E-state index contributed by atoms with van der Waals surface area (Å²) in [6.45, 7) is 11.7. The Hall–Kier alpha value is -1.91. The average Bonchev–Trinajstić information content (AvgIpc) is 2.44. The van der Waals surface area contributed by atoms with E-state index in [1.54, 1.807) is 0 Å². The maximum Gasteiger partial charge on any atom is 0.416 e. The topological polar surface area (TPSA) is 0 Å². The first-order chi connectivity index (χ1) is 11.6. The van der Waals surface area contributed by atoms with Gasteiger partial charge in [-0.2, -0.15) is 13.2 Å². The number of benzene rings is 2. The van der Waals surface area contributed by atoms with Crippen LogP contribution in [0.5, 0.6) is 0 Å². The highest BCUT2D eigenvalue weighted by Crippen LogP contribution is 2.31. The van der Waals surface area contributed by atoms with Gasteiger partial charge in [0.25, 0.3) is 0 Å². The SMILES string of the molecule is CC(C)(C)c1cc(F)cc(F)c1.CC(C)(C)c1ccc(C(F)(F)F)cc1. The molecule has 26 heavy (non-hydrogen) atoms. The molecular formula is C21H25F5. The summed E-state index contributed by atoms with van der Waals surface area (Å²) >= 11 is 0. The molecule has 0 spiro atoms. The van der Waals surface area contributed by atoms with Gasteiger partial charge >= 0.3 is 6.18 Å². The molecule has 0 amide bonds. The molecule has 0 atom stereocenters. The number of hydrogen-bond acceptors (Lipinski definition) is 0. The molecule has 2 rings (SSSR count). The van der Waals surface area contributed by atoms with Gasteiger partial charge in [0, 0.05) is 6.07 Å². The third kappa shape index (κ3) is 6.77. The smallest absolute Gasteiger partial charge is 0.207 e. The molecule has 0 radical (unpaired) electrons. The molecule has 0 saturated carbocycles. The van der Waals surface area contributed by atoms with E-state index in [0.717, 1.165) is 23.8 Å². The molecule has 0 saturated heterocycles. The van der Waals surface area contributed by atoms with E-state index in [0.29, 0.717) is 5.56 Å². The van der Waals surface area contributed by atoms with E-state index in [1.165, 1.54) is 24.3 Å². The minimum Gasteiger partial charge on any atom is -0.207 e. The van der Waals surface area contributed by atoms with Gasteiger partial charge in [0.05, 0.1) is 5.56 Å². The number of rotatable bonds is 0. The summed E-state index contributed by atoms with van der Waals surface area (Å²) in [6, 6.07) is 8.92. The molecular weight excluding hydrogens is 347 g/mol. The van der Waals surface area contributed by atoms with Gasteiger partial charge in [0.1, 0.15) is 11.6 Å². The highest BCUT2D eigenvalue weighted by molar-refractivity contribution is 5.29. The molecule has 0 nitrogen and oxygen atoms in total. The molecule has 144 valence electrons. The molecule has 0 aliphatic carbocycles. The number of hydrogen-bond donors (Lipinski definition) is 0. The van der Waals surface area contributed by atoms with E-state index in [9.17, 15) is 22.0 Å². The standard InChI is InChI=1S/C11H13F3.C10H12F2/c1-10(2,3)8-4-6-9(7-5-8)11(12,13)14;1-10(2,3)7-4-8(11)6-9(12)5-7/h4-7H,1-3H3;4-6H,1-3H3. The fraction of sp³-hybridized carbons (Fsp3) is 0.429. The van der Waals surface area contributed by atoms with Crippen LogP contribution < -0.4 is 0 Å². The van der Waals surface area contributed by atoms with E-state index in [2.05, 4.69) is 0 Å². The molecule has 0 heterocycles. The quantitative estimate of drug-likeness (QED) is 0.427. The Morgan fingerprint density at radius 1 is 0.538 bits per heavy atom. The van der Waals surface area contributed by atoms with Gasteiger partial charge < -0.3 is 0 Å². The number of alkyl halides is 3. The van der Waals surface area contributed by atoms with Crippen molar-refractivity contribution in [3.63, 3.8) is 0 Å². The minimum absolute atomic E-state index is 0.107. The molecule has 2 aromatic carbocycles. The van der Waals surface area contributed by atoms with Crippen molar-refractivity contribution in [2.24, 2.45) is 0 Å². The van der Waals surface area contributed by atoms with Crippen LogP contribution in [0.2, 0.25) is 0 Å². The van der Waals surface area contributed by atoms with Gasteiger partial charge in [0.15, 0.2) is 0 Å². The second-order valence-corrected chi connectivity index (χ2v) is 8.23. The van der Waals surface area contributed by atoms with Crippen LogP contribution in [0.4, 0.5) is 22.0 Å². The van der Waals surface area contributed by atoms with Crippen LogP contribution in [0.25, 0.3) is 0 Å². The van der Waals surface area contributed by atoms with Crippen molar-refractivity contribution < 1.29 is 22.0 Å². The Morgan fingerprint density at radius 2 is 0.885 bits per heavy atom. The predicted molar refractivity (Wildman–Crippen MR) is 95.2 cm³/mol. The van der Waals surface area contributed by atoms with Crippen molar-refractivity contribution in [1.29, 1.82) is 0 Å². The van der Waals surface area contributed by atoms with E-state index in [-0.39, 0.29) is 10.8 Å². The van der Waals surface area contributed by atoms with Crippen LogP contribution in [-0.4, -0.2) is 0 Å². The van der Waals surface area contributed by atoms with E-state index >= 15 is 0 Å². The third-order valence-corrected chi connectivity index (χ3v) is 3.81. The van der Waals surface area contributed by atoms with Gasteiger partial charge in [-0.1, -0.05) is 53.7 Å². The first kappa shape index (κ1) is 22.1. The second-order valence-electron chi connectivity index (χ2n) is 8.23. The Bertz CT molecular complexity index is 661. The van der Waals surface area contributed by atoms with E-state index in [4.69, 9.17) is 0 Å². The van der Waals surface area contributed by atoms with Gasteiger partial charge in [-0.15, -0.1) is 0 Å². The van der Waals surface area contributed by atoms with Gasteiger partial charge in [-0.3, -0.25) is 0 Å². The first-order valence-corrected chi connectivity index (χ1v) is 8.25. The second kappa shape index (κ2) is 7.77. The van der Waals surface area contributed by atoms with Gasteiger partial charge in [-0.25, -0.2) is 8.78 Å². The summed E-state index contributed by atoms with van der Waals surface area (Å²) in [5.74, 6) is -1.03. The Morgan fingerprint density at radius 3 is 1.19 bits per heavy atom. The molecule has 0 bridgehead atoms. The fourth-order valence-corrected chi connectivity index (χ4v) is 2.15. The van der Waals surface area contributed by atoms with Crippen LogP contribution in [0, 0.1) is 11.6 Å². The Kier molecular flexibility index (Phi) is 6.61. The zero-order chi connectivity index (χ0) is 20.3. The van der Waals surface area contributed by atoms with Crippen molar-refractivity contribution in [3.8, 4) is 0 Å². The molecule has 5 heteroatoms. The van der Waals surface area contributed by atoms with Crippen molar-refractivity contribution in [3.05, 3.63) is 70.8 Å². The van der Waals surface area contributed by atoms with Crippen LogP contribution in [0.15, 0.2) is 42.5 Å². The highest BCUT2D eigenvalue weighted by Gasteiger charge is 2.30. The molecule has 0 unspecified atom stereocenters. The lowest BCUT2D eigenvalue weighted by atomic mass is 9.87. The van der Waals surface area contributed by atoms with Crippen molar-refractivity contribution in [2.45, 2.75) is 58.5 Å². The summed E-state index contributed by atoms with van der Waals surface area (Å²) < 4.78 is 62.1. The molecule has 0 N–H and O–H groups in total. The Labute approximate surface area is 152 Å². The molecule has 0 aliphatic heterocycles. The summed E-state index contributed by atoms with van der Waals surface area (Å²) in [5.41, 5.74) is 0.684. The van der Waals surface area contributed by atoms with Crippen LogP contribution in [0.3, 0.4) is 0 Å². The molecule has 0 aliphatic rings. The van der Waals surface area contributed by atoms with Crippen LogP contribution in [0.1, 0.15) is 58.2 Å². The number of halogens is 5. The monoisotopic (exact) mass is 372 g/mol. The minimum atomic E-state index is -4.24.